The van der Waals surface area contributed by atoms with Gasteiger partial charge in [0.25, 0.3) is 0 Å². The Morgan fingerprint density at radius 2 is 2.04 bits per heavy atom. The lowest BCUT2D eigenvalue weighted by Crippen LogP contribution is -2.14. The molecule has 0 bridgehead atoms. The lowest BCUT2D eigenvalue weighted by molar-refractivity contribution is 0.0596. The Kier molecular flexibility index (Phi) is 4.76. The number of rotatable bonds is 5. The summed E-state index contributed by atoms with van der Waals surface area (Å²) in [6, 6.07) is 11.1. The van der Waals surface area contributed by atoms with Crippen LogP contribution in [0.25, 0.3) is 10.3 Å². The molecule has 3 rings (SSSR count). The molecule has 0 N–H and O–H groups in total. The number of nitrogens with zero attached hydrogens (tertiary/aromatic N) is 1. The van der Waals surface area contributed by atoms with Crippen LogP contribution >= 0.6 is 11.3 Å². The number of anilines is 1. The predicted octanol–water partition coefficient (Wildman–Crippen LogP) is 3.29. The maximum Gasteiger partial charge on any atom is 0.351 e. The molecule has 2 heterocycles. The molecule has 1 aromatic carbocycles. The second kappa shape index (κ2) is 6.98. The highest BCUT2D eigenvalue weighted by atomic mass is 32.1. The Morgan fingerprint density at radius 1 is 1.24 bits per heavy atom. The number of thiophene rings is 1. The van der Waals surface area contributed by atoms with Crippen LogP contribution in [0.1, 0.15) is 15.9 Å². The monoisotopic (exact) mass is 359 g/mol. The second-order valence-electron chi connectivity index (χ2n) is 5.46. The number of esters is 1. The Bertz CT molecular complexity index is 975. The van der Waals surface area contributed by atoms with Crippen LogP contribution in [0.2, 0.25) is 0 Å². The average Bonchev–Trinajstić information content (AvgIpc) is 3.03. The van der Waals surface area contributed by atoms with Gasteiger partial charge >= 0.3 is 11.6 Å². The molecule has 130 valence electrons. The molecule has 2 aromatic heterocycles. The Balaban J connectivity index is 1.90. The van der Waals surface area contributed by atoms with Gasteiger partial charge in [-0.1, -0.05) is 12.1 Å². The molecule has 0 aliphatic heterocycles. The van der Waals surface area contributed by atoms with Crippen molar-refractivity contribution in [3.05, 3.63) is 57.9 Å². The summed E-state index contributed by atoms with van der Waals surface area (Å²) in [6.07, 6.45) is 0. The van der Waals surface area contributed by atoms with Gasteiger partial charge in [-0.3, -0.25) is 0 Å². The van der Waals surface area contributed by atoms with Gasteiger partial charge < -0.3 is 18.8 Å². The molecular formula is C18H17NO5S. The van der Waals surface area contributed by atoms with Gasteiger partial charge in [0, 0.05) is 19.7 Å². The molecule has 6 nitrogen and oxygen atoms in total. The van der Waals surface area contributed by atoms with Crippen LogP contribution in [0.5, 0.6) is 5.75 Å². The predicted molar refractivity (Wildman–Crippen MR) is 96.8 cm³/mol. The number of carbonyl (C=O) groups is 1. The highest BCUT2D eigenvalue weighted by molar-refractivity contribution is 7.22. The van der Waals surface area contributed by atoms with Gasteiger partial charge in [0.05, 0.1) is 23.9 Å². The van der Waals surface area contributed by atoms with Gasteiger partial charge in [-0.25, -0.2) is 9.59 Å². The van der Waals surface area contributed by atoms with Crippen LogP contribution in [0.3, 0.4) is 0 Å². The zero-order chi connectivity index (χ0) is 18.0. The number of methoxy groups -OCH3 is 2. The minimum absolute atomic E-state index is 0.0983. The van der Waals surface area contributed by atoms with E-state index in [4.69, 9.17) is 9.15 Å². The maximum atomic E-state index is 11.9. The van der Waals surface area contributed by atoms with Crippen molar-refractivity contribution in [3.63, 3.8) is 0 Å². The fourth-order valence-electron chi connectivity index (χ4n) is 2.46. The largest absolute Gasteiger partial charge is 0.497 e. The first-order valence-corrected chi connectivity index (χ1v) is 8.33. The molecule has 7 heteroatoms. The van der Waals surface area contributed by atoms with Gasteiger partial charge in [-0.15, -0.1) is 11.3 Å². The van der Waals surface area contributed by atoms with Crippen molar-refractivity contribution in [1.82, 2.24) is 0 Å². The average molecular weight is 359 g/mol. The van der Waals surface area contributed by atoms with E-state index in [0.29, 0.717) is 16.8 Å². The van der Waals surface area contributed by atoms with E-state index < -0.39 is 11.6 Å². The SMILES string of the molecule is COC(=O)c1cc2sc(N(C)Cc3cccc(OC)c3)cc2oc1=O. The maximum absolute atomic E-state index is 11.9. The van der Waals surface area contributed by atoms with Crippen LogP contribution in [-0.4, -0.2) is 27.2 Å². The summed E-state index contributed by atoms with van der Waals surface area (Å²) >= 11 is 1.44. The van der Waals surface area contributed by atoms with Crippen molar-refractivity contribution in [1.29, 1.82) is 0 Å². The minimum atomic E-state index is -0.699. The van der Waals surface area contributed by atoms with E-state index in [9.17, 15) is 9.59 Å². The van der Waals surface area contributed by atoms with Gasteiger partial charge in [0.15, 0.2) is 5.58 Å². The molecule has 0 spiro atoms. The molecule has 0 unspecified atom stereocenters. The van der Waals surface area contributed by atoms with Crippen molar-refractivity contribution in [3.8, 4) is 5.75 Å². The molecule has 0 aliphatic rings. The zero-order valence-corrected chi connectivity index (χ0v) is 14.9. The summed E-state index contributed by atoms with van der Waals surface area (Å²) in [7, 11) is 4.81. The van der Waals surface area contributed by atoms with Gasteiger partial charge in [-0.2, -0.15) is 0 Å². The molecule has 3 aromatic rings. The topological polar surface area (TPSA) is 69.0 Å². The molecule has 25 heavy (non-hydrogen) atoms. The number of ether oxygens (including phenoxy) is 2. The lowest BCUT2D eigenvalue weighted by Gasteiger charge is -2.17. The molecule has 0 saturated heterocycles. The van der Waals surface area contributed by atoms with E-state index >= 15 is 0 Å². The van der Waals surface area contributed by atoms with Crippen molar-refractivity contribution < 1.29 is 18.7 Å². The highest BCUT2D eigenvalue weighted by Gasteiger charge is 2.17. The molecule has 0 fully saturated rings. The van der Waals surface area contributed by atoms with Crippen molar-refractivity contribution in [2.24, 2.45) is 0 Å². The number of benzene rings is 1. The van der Waals surface area contributed by atoms with Gasteiger partial charge in [-0.05, 0) is 23.8 Å². The quantitative estimate of drug-likeness (QED) is 0.651. The molecule has 0 saturated carbocycles. The van der Waals surface area contributed by atoms with Crippen LogP contribution in [0.4, 0.5) is 5.00 Å². The van der Waals surface area contributed by atoms with E-state index in [0.717, 1.165) is 16.3 Å². The van der Waals surface area contributed by atoms with Gasteiger partial charge in [0.2, 0.25) is 0 Å². The molecule has 0 aliphatic carbocycles. The summed E-state index contributed by atoms with van der Waals surface area (Å²) in [4.78, 5) is 25.5. The van der Waals surface area contributed by atoms with Crippen LogP contribution in [0.15, 0.2) is 45.6 Å². The minimum Gasteiger partial charge on any atom is -0.497 e. The summed E-state index contributed by atoms with van der Waals surface area (Å²) < 4.78 is 15.8. The molecule has 0 amide bonds. The van der Waals surface area contributed by atoms with Crippen molar-refractivity contribution in [2.75, 3.05) is 26.2 Å². The van der Waals surface area contributed by atoms with E-state index in [2.05, 4.69) is 4.74 Å². The molecular weight excluding hydrogens is 342 g/mol. The van der Waals surface area contributed by atoms with E-state index in [1.807, 2.05) is 36.2 Å². The van der Waals surface area contributed by atoms with Crippen molar-refractivity contribution >= 4 is 32.6 Å². The highest BCUT2D eigenvalue weighted by Crippen LogP contribution is 2.32. The standard InChI is InChI=1S/C18H17NO5S/c1-19(10-11-5-4-6-12(7-11)22-2)16-9-14-15(25-16)8-13(17(20)23-3)18(21)24-14/h4-9H,10H2,1-3H3. The number of carbonyl (C=O) groups excluding carboxylic acids is 1. The fourth-order valence-corrected chi connectivity index (χ4v) is 3.45. The summed E-state index contributed by atoms with van der Waals surface area (Å²) in [6.45, 7) is 0.665. The molecule has 0 atom stereocenters. The van der Waals surface area contributed by atoms with E-state index in [1.165, 1.54) is 24.5 Å². The van der Waals surface area contributed by atoms with Crippen molar-refractivity contribution in [2.45, 2.75) is 6.54 Å². The summed E-state index contributed by atoms with van der Waals surface area (Å²) in [5.41, 5.74) is 0.754. The third-order valence-corrected chi connectivity index (χ3v) is 4.92. The first-order valence-electron chi connectivity index (χ1n) is 7.52. The summed E-state index contributed by atoms with van der Waals surface area (Å²) in [5, 5.41) is 0.919. The van der Waals surface area contributed by atoms with E-state index in [1.54, 1.807) is 13.2 Å². The Labute approximate surface area is 148 Å². The molecule has 0 radical (unpaired) electrons. The fraction of sp³-hybridized carbons (Fsp3) is 0.222. The lowest BCUT2D eigenvalue weighted by atomic mass is 10.2. The van der Waals surface area contributed by atoms with Crippen LogP contribution < -0.4 is 15.3 Å². The second-order valence-corrected chi connectivity index (χ2v) is 6.52. The normalized spacial score (nSPS) is 10.7. The Morgan fingerprint density at radius 3 is 2.76 bits per heavy atom. The number of fused-ring (bicyclic) bond motifs is 1. The Hall–Kier alpha value is -2.80. The summed E-state index contributed by atoms with van der Waals surface area (Å²) in [5.74, 6) is 0.103. The van der Waals surface area contributed by atoms with Crippen LogP contribution in [0, 0.1) is 0 Å². The first-order chi connectivity index (χ1) is 12.0. The smallest absolute Gasteiger partial charge is 0.351 e. The van der Waals surface area contributed by atoms with E-state index in [-0.39, 0.29) is 5.56 Å². The third kappa shape index (κ3) is 3.51. The van der Waals surface area contributed by atoms with Gasteiger partial charge in [0.1, 0.15) is 11.3 Å². The van der Waals surface area contributed by atoms with Crippen LogP contribution in [-0.2, 0) is 11.3 Å². The third-order valence-electron chi connectivity index (χ3n) is 3.75. The first kappa shape index (κ1) is 17.0. The number of hydrogen-bond acceptors (Lipinski definition) is 7. The zero-order valence-electron chi connectivity index (χ0n) is 14.1. The number of hydrogen-bond donors (Lipinski definition) is 0.